The van der Waals surface area contributed by atoms with Crippen molar-refractivity contribution in [1.82, 2.24) is 10.3 Å². The number of anilines is 2. The maximum Gasteiger partial charge on any atom is 0.143 e. The van der Waals surface area contributed by atoms with Crippen molar-refractivity contribution >= 4 is 11.6 Å². The first-order chi connectivity index (χ1) is 8.79. The van der Waals surface area contributed by atoms with Crippen LogP contribution in [0.3, 0.4) is 0 Å². The first kappa shape index (κ1) is 14.3. The number of nitrogens with two attached hydrogens (primary N) is 1. The van der Waals surface area contributed by atoms with Crippen LogP contribution in [0.25, 0.3) is 0 Å². The molecule has 2 heterocycles. The standard InChI is InChI=1S/C11H15N5.C2H6/c12-6-8-3-4-10(16-11(8)13)15-9-2-1-5-14-7-9;1-2/h3-4,9,14H,1-2,5,7H2,(H3,13,15,16);1-2H3. The minimum absolute atomic E-state index is 0.288. The number of aromatic nitrogens is 1. The molecule has 18 heavy (non-hydrogen) atoms. The summed E-state index contributed by atoms with van der Waals surface area (Å²) in [6, 6.07) is 5.89. The third-order valence-corrected chi connectivity index (χ3v) is 2.69. The summed E-state index contributed by atoms with van der Waals surface area (Å²) in [5.74, 6) is 1.03. The Morgan fingerprint density at radius 1 is 1.50 bits per heavy atom. The van der Waals surface area contributed by atoms with Crippen molar-refractivity contribution in [2.24, 2.45) is 0 Å². The zero-order chi connectivity index (χ0) is 13.4. The van der Waals surface area contributed by atoms with Crippen LogP contribution in [0.2, 0.25) is 0 Å². The number of hydrogen-bond donors (Lipinski definition) is 3. The Kier molecular flexibility index (Phi) is 5.95. The van der Waals surface area contributed by atoms with Gasteiger partial charge in [0, 0.05) is 12.6 Å². The van der Waals surface area contributed by atoms with E-state index in [1.54, 1.807) is 12.1 Å². The molecule has 0 saturated carbocycles. The number of nitrogen functional groups attached to an aromatic ring is 1. The quantitative estimate of drug-likeness (QED) is 0.741. The van der Waals surface area contributed by atoms with E-state index in [2.05, 4.69) is 15.6 Å². The summed E-state index contributed by atoms with van der Waals surface area (Å²) in [5, 5.41) is 15.4. The Bertz CT molecular complexity index is 404. The molecular formula is C13H21N5. The van der Waals surface area contributed by atoms with Crippen LogP contribution in [0.1, 0.15) is 32.3 Å². The van der Waals surface area contributed by atoms with Crippen LogP contribution in [-0.4, -0.2) is 24.1 Å². The summed E-state index contributed by atoms with van der Waals surface area (Å²) in [4.78, 5) is 4.15. The third kappa shape index (κ3) is 3.90. The molecule has 1 saturated heterocycles. The van der Waals surface area contributed by atoms with Crippen LogP contribution < -0.4 is 16.4 Å². The fourth-order valence-electron chi connectivity index (χ4n) is 1.83. The lowest BCUT2D eigenvalue weighted by Gasteiger charge is -2.24. The molecule has 1 unspecified atom stereocenters. The van der Waals surface area contributed by atoms with Crippen LogP contribution >= 0.6 is 0 Å². The molecule has 5 heteroatoms. The molecule has 0 radical (unpaired) electrons. The molecule has 1 aliphatic heterocycles. The summed E-state index contributed by atoms with van der Waals surface area (Å²) >= 11 is 0. The summed E-state index contributed by atoms with van der Waals surface area (Å²) in [6.07, 6.45) is 2.30. The normalized spacial score (nSPS) is 18.2. The van der Waals surface area contributed by atoms with Gasteiger partial charge in [-0.05, 0) is 31.5 Å². The lowest BCUT2D eigenvalue weighted by atomic mass is 10.1. The fraction of sp³-hybridized carbons (Fsp3) is 0.538. The van der Waals surface area contributed by atoms with Crippen molar-refractivity contribution in [2.45, 2.75) is 32.7 Å². The summed E-state index contributed by atoms with van der Waals surface area (Å²) < 4.78 is 0. The minimum Gasteiger partial charge on any atom is -0.383 e. The van der Waals surface area contributed by atoms with Gasteiger partial charge in [0.25, 0.3) is 0 Å². The molecule has 2 rings (SSSR count). The zero-order valence-corrected chi connectivity index (χ0v) is 11.0. The second-order valence-corrected chi connectivity index (χ2v) is 3.93. The summed E-state index contributed by atoms with van der Waals surface area (Å²) in [7, 11) is 0. The largest absolute Gasteiger partial charge is 0.383 e. The molecule has 1 fully saturated rings. The molecule has 0 bridgehead atoms. The number of nitrogens with one attached hydrogen (secondary N) is 2. The van der Waals surface area contributed by atoms with Gasteiger partial charge in [0.05, 0.1) is 5.56 Å². The SMILES string of the molecule is CC.N#Cc1ccc(NC2CCCNC2)nc1N. The molecule has 0 aromatic carbocycles. The van der Waals surface area contributed by atoms with Crippen LogP contribution in [0.5, 0.6) is 0 Å². The number of nitrogens with zero attached hydrogens (tertiary/aromatic N) is 2. The van der Waals surface area contributed by atoms with E-state index in [-0.39, 0.29) is 5.82 Å². The zero-order valence-electron chi connectivity index (χ0n) is 11.0. The molecule has 4 N–H and O–H groups in total. The van der Waals surface area contributed by atoms with Crippen molar-refractivity contribution in [1.29, 1.82) is 5.26 Å². The molecule has 0 aliphatic carbocycles. The summed E-state index contributed by atoms with van der Waals surface area (Å²) in [6.45, 7) is 6.03. The van der Waals surface area contributed by atoms with Crippen molar-refractivity contribution in [2.75, 3.05) is 24.1 Å². The number of nitriles is 1. The van der Waals surface area contributed by atoms with E-state index in [4.69, 9.17) is 11.0 Å². The smallest absolute Gasteiger partial charge is 0.143 e. The van der Waals surface area contributed by atoms with Crippen LogP contribution in [0.15, 0.2) is 12.1 Å². The average Bonchev–Trinajstić information content (AvgIpc) is 2.42. The second-order valence-electron chi connectivity index (χ2n) is 3.93. The Morgan fingerprint density at radius 3 is 2.83 bits per heavy atom. The highest BCUT2D eigenvalue weighted by Gasteiger charge is 2.13. The first-order valence-corrected chi connectivity index (χ1v) is 6.43. The van der Waals surface area contributed by atoms with E-state index >= 15 is 0 Å². The van der Waals surface area contributed by atoms with E-state index in [0.29, 0.717) is 11.6 Å². The predicted octanol–water partition coefficient (Wildman–Crippen LogP) is 1.73. The highest BCUT2D eigenvalue weighted by molar-refractivity contribution is 5.54. The molecular weight excluding hydrogens is 226 g/mol. The molecule has 0 amide bonds. The van der Waals surface area contributed by atoms with Gasteiger partial charge in [0.1, 0.15) is 17.7 Å². The average molecular weight is 247 g/mol. The van der Waals surface area contributed by atoms with E-state index in [1.807, 2.05) is 19.9 Å². The molecule has 98 valence electrons. The Morgan fingerprint density at radius 2 is 2.28 bits per heavy atom. The molecule has 5 nitrogen and oxygen atoms in total. The topological polar surface area (TPSA) is 86.8 Å². The van der Waals surface area contributed by atoms with Crippen LogP contribution in [0, 0.1) is 11.3 Å². The minimum atomic E-state index is 0.288. The summed E-state index contributed by atoms with van der Waals surface area (Å²) in [5.41, 5.74) is 6.07. The number of piperidine rings is 1. The number of pyridine rings is 1. The van der Waals surface area contributed by atoms with Gasteiger partial charge in [0.2, 0.25) is 0 Å². The van der Waals surface area contributed by atoms with Crippen molar-refractivity contribution in [3.05, 3.63) is 17.7 Å². The Balaban J connectivity index is 0.000000771. The number of hydrogen-bond acceptors (Lipinski definition) is 5. The van der Waals surface area contributed by atoms with Crippen molar-refractivity contribution < 1.29 is 0 Å². The Hall–Kier alpha value is -1.80. The lowest BCUT2D eigenvalue weighted by Crippen LogP contribution is -2.38. The van der Waals surface area contributed by atoms with Gasteiger partial charge >= 0.3 is 0 Å². The highest BCUT2D eigenvalue weighted by atomic mass is 15.1. The van der Waals surface area contributed by atoms with Gasteiger partial charge in [-0.3, -0.25) is 0 Å². The lowest BCUT2D eigenvalue weighted by molar-refractivity contribution is 0.479. The predicted molar refractivity (Wildman–Crippen MR) is 74.2 cm³/mol. The molecule has 1 aromatic rings. The molecule has 1 atom stereocenters. The number of rotatable bonds is 2. The van der Waals surface area contributed by atoms with E-state index in [9.17, 15) is 0 Å². The van der Waals surface area contributed by atoms with Gasteiger partial charge in [-0.25, -0.2) is 4.98 Å². The van der Waals surface area contributed by atoms with E-state index in [0.717, 1.165) is 25.3 Å². The maximum absolute atomic E-state index is 8.73. The monoisotopic (exact) mass is 247 g/mol. The molecule has 0 spiro atoms. The molecule has 1 aromatic heterocycles. The van der Waals surface area contributed by atoms with Gasteiger partial charge in [-0.15, -0.1) is 0 Å². The van der Waals surface area contributed by atoms with Gasteiger partial charge in [-0.1, -0.05) is 13.8 Å². The fourth-order valence-corrected chi connectivity index (χ4v) is 1.83. The van der Waals surface area contributed by atoms with Gasteiger partial charge in [-0.2, -0.15) is 5.26 Å². The molecule has 1 aliphatic rings. The van der Waals surface area contributed by atoms with Crippen LogP contribution in [-0.2, 0) is 0 Å². The second kappa shape index (κ2) is 7.51. The van der Waals surface area contributed by atoms with Crippen molar-refractivity contribution in [3.63, 3.8) is 0 Å². The van der Waals surface area contributed by atoms with E-state index < -0.39 is 0 Å². The van der Waals surface area contributed by atoms with Gasteiger partial charge < -0.3 is 16.4 Å². The highest BCUT2D eigenvalue weighted by Crippen LogP contribution is 2.14. The third-order valence-electron chi connectivity index (χ3n) is 2.69. The van der Waals surface area contributed by atoms with Crippen molar-refractivity contribution in [3.8, 4) is 6.07 Å². The first-order valence-electron chi connectivity index (χ1n) is 6.43. The maximum atomic E-state index is 8.73. The van der Waals surface area contributed by atoms with Crippen LogP contribution in [0.4, 0.5) is 11.6 Å². The Labute approximate surface area is 108 Å². The van der Waals surface area contributed by atoms with E-state index in [1.165, 1.54) is 6.42 Å². The van der Waals surface area contributed by atoms with Gasteiger partial charge in [0.15, 0.2) is 0 Å².